The highest BCUT2D eigenvalue weighted by molar-refractivity contribution is 9.10. The minimum absolute atomic E-state index is 0.0596. The molecule has 0 saturated heterocycles. The molecule has 6 heteroatoms. The van der Waals surface area contributed by atoms with E-state index >= 15 is 0 Å². The Hall–Kier alpha value is -2.08. The Balaban J connectivity index is 2.15. The van der Waals surface area contributed by atoms with Crippen LogP contribution in [0.25, 0.3) is 0 Å². The van der Waals surface area contributed by atoms with E-state index < -0.39 is 4.92 Å². The lowest BCUT2D eigenvalue weighted by atomic mass is 10.2. The molecule has 0 aliphatic heterocycles. The lowest BCUT2D eigenvalue weighted by Crippen LogP contribution is -2.02. The van der Waals surface area contributed by atoms with E-state index in [1.807, 2.05) is 30.3 Å². The Kier molecular flexibility index (Phi) is 4.57. The third-order valence-electron chi connectivity index (χ3n) is 2.80. The maximum atomic E-state index is 10.9. The molecule has 2 aromatic rings. The molecule has 0 aromatic heterocycles. The highest BCUT2D eigenvalue weighted by Crippen LogP contribution is 2.27. The van der Waals surface area contributed by atoms with Crippen molar-refractivity contribution in [1.29, 1.82) is 0 Å². The molecule has 104 valence electrons. The summed E-state index contributed by atoms with van der Waals surface area (Å²) in [7, 11) is 1.60. The first-order chi connectivity index (χ1) is 9.61. The van der Waals surface area contributed by atoms with E-state index in [2.05, 4.69) is 21.2 Å². The number of halogens is 1. The van der Waals surface area contributed by atoms with Crippen LogP contribution in [0, 0.1) is 10.1 Å². The van der Waals surface area contributed by atoms with Crippen molar-refractivity contribution < 1.29 is 9.66 Å². The van der Waals surface area contributed by atoms with E-state index in [1.54, 1.807) is 19.2 Å². The number of hydrogen-bond donors (Lipinski definition) is 1. The van der Waals surface area contributed by atoms with Crippen molar-refractivity contribution in [1.82, 2.24) is 0 Å². The number of anilines is 1. The predicted octanol–water partition coefficient (Wildman–Crippen LogP) is 3.98. The molecule has 0 aliphatic rings. The summed E-state index contributed by atoms with van der Waals surface area (Å²) in [6.45, 7) is 0.481. The summed E-state index contributed by atoms with van der Waals surface area (Å²) in [5, 5.41) is 14.1. The van der Waals surface area contributed by atoms with Gasteiger partial charge in [-0.15, -0.1) is 0 Å². The van der Waals surface area contributed by atoms with Gasteiger partial charge in [0.25, 0.3) is 5.69 Å². The van der Waals surface area contributed by atoms with Gasteiger partial charge in [-0.3, -0.25) is 10.1 Å². The predicted molar refractivity (Wildman–Crippen MR) is 81.1 cm³/mol. The van der Waals surface area contributed by atoms with Gasteiger partial charge in [0.2, 0.25) is 0 Å². The van der Waals surface area contributed by atoms with Crippen LogP contribution in [0.4, 0.5) is 11.4 Å². The van der Waals surface area contributed by atoms with Gasteiger partial charge in [0.1, 0.15) is 5.75 Å². The fourth-order valence-corrected chi connectivity index (χ4v) is 2.19. The number of rotatable bonds is 5. The van der Waals surface area contributed by atoms with Crippen LogP contribution in [-0.4, -0.2) is 12.0 Å². The fraction of sp³-hybridized carbons (Fsp3) is 0.143. The molecule has 0 bridgehead atoms. The van der Waals surface area contributed by atoms with Gasteiger partial charge in [-0.2, -0.15) is 0 Å². The topological polar surface area (TPSA) is 64.4 Å². The number of methoxy groups -OCH3 is 1. The minimum Gasteiger partial charge on any atom is -0.495 e. The van der Waals surface area contributed by atoms with Gasteiger partial charge in [-0.05, 0) is 39.7 Å². The van der Waals surface area contributed by atoms with Crippen LogP contribution in [0.5, 0.6) is 5.75 Å². The maximum Gasteiger partial charge on any atom is 0.283 e. The van der Waals surface area contributed by atoms with Crippen LogP contribution in [0.2, 0.25) is 0 Å². The van der Waals surface area contributed by atoms with Crippen molar-refractivity contribution in [2.45, 2.75) is 6.54 Å². The summed E-state index contributed by atoms with van der Waals surface area (Å²) < 4.78 is 5.71. The summed E-state index contributed by atoms with van der Waals surface area (Å²) in [5.41, 5.74) is 1.73. The molecular weight excluding hydrogens is 324 g/mol. The summed E-state index contributed by atoms with van der Waals surface area (Å²) in [6, 6.07) is 12.6. The molecule has 0 heterocycles. The van der Waals surface area contributed by atoms with E-state index in [-0.39, 0.29) is 5.69 Å². The molecule has 0 radical (unpaired) electrons. The second kappa shape index (κ2) is 6.38. The van der Waals surface area contributed by atoms with Crippen LogP contribution in [0.3, 0.4) is 0 Å². The van der Waals surface area contributed by atoms with Gasteiger partial charge in [-0.1, -0.05) is 18.2 Å². The summed E-state index contributed by atoms with van der Waals surface area (Å²) in [4.78, 5) is 10.5. The average molecular weight is 337 g/mol. The number of benzene rings is 2. The third kappa shape index (κ3) is 3.27. The van der Waals surface area contributed by atoms with Crippen molar-refractivity contribution in [3.8, 4) is 5.75 Å². The summed E-state index contributed by atoms with van der Waals surface area (Å²) in [6.07, 6.45) is 0. The van der Waals surface area contributed by atoms with Gasteiger partial charge in [0.05, 0.1) is 22.2 Å². The molecule has 2 aromatic carbocycles. The van der Waals surface area contributed by atoms with E-state index in [1.165, 1.54) is 0 Å². The van der Waals surface area contributed by atoms with Crippen molar-refractivity contribution in [3.63, 3.8) is 0 Å². The molecule has 0 atom stereocenters. The number of para-hydroxylation sites is 2. The molecule has 0 amide bonds. The Labute approximate surface area is 124 Å². The van der Waals surface area contributed by atoms with Gasteiger partial charge >= 0.3 is 0 Å². The molecule has 0 fully saturated rings. The molecule has 5 nitrogen and oxygen atoms in total. The van der Waals surface area contributed by atoms with Gasteiger partial charge in [0, 0.05) is 12.6 Å². The molecule has 0 saturated carbocycles. The monoisotopic (exact) mass is 336 g/mol. The van der Waals surface area contributed by atoms with Crippen molar-refractivity contribution in [2.75, 3.05) is 12.4 Å². The second-order valence-electron chi connectivity index (χ2n) is 4.10. The van der Waals surface area contributed by atoms with Crippen molar-refractivity contribution in [2.24, 2.45) is 0 Å². The van der Waals surface area contributed by atoms with Crippen LogP contribution in [0.1, 0.15) is 5.56 Å². The highest BCUT2D eigenvalue weighted by Gasteiger charge is 2.12. The average Bonchev–Trinajstić information content (AvgIpc) is 2.46. The minimum atomic E-state index is -0.406. The van der Waals surface area contributed by atoms with Crippen molar-refractivity contribution in [3.05, 3.63) is 62.6 Å². The molecule has 0 aliphatic carbocycles. The molecule has 20 heavy (non-hydrogen) atoms. The Morgan fingerprint density at radius 2 is 2.05 bits per heavy atom. The van der Waals surface area contributed by atoms with Gasteiger partial charge in [-0.25, -0.2) is 0 Å². The molecule has 2 rings (SSSR count). The lowest BCUT2D eigenvalue weighted by Gasteiger charge is -2.11. The third-order valence-corrected chi connectivity index (χ3v) is 3.47. The first kappa shape index (κ1) is 14.3. The van der Waals surface area contributed by atoms with Crippen LogP contribution in [-0.2, 0) is 6.54 Å². The smallest absolute Gasteiger partial charge is 0.283 e. The van der Waals surface area contributed by atoms with Gasteiger partial charge < -0.3 is 10.1 Å². The fourth-order valence-electron chi connectivity index (χ4n) is 1.80. The van der Waals surface area contributed by atoms with E-state index in [0.29, 0.717) is 11.0 Å². The first-order valence-corrected chi connectivity index (χ1v) is 6.71. The molecule has 0 unspecified atom stereocenters. The number of nitro benzene ring substituents is 1. The molecule has 1 N–H and O–H groups in total. The Morgan fingerprint density at radius 3 is 2.75 bits per heavy atom. The number of ether oxygens (including phenoxy) is 1. The number of nitrogens with zero attached hydrogens (tertiary/aromatic N) is 1. The van der Waals surface area contributed by atoms with E-state index in [9.17, 15) is 10.1 Å². The summed E-state index contributed by atoms with van der Waals surface area (Å²) >= 11 is 3.17. The zero-order chi connectivity index (χ0) is 14.5. The summed E-state index contributed by atoms with van der Waals surface area (Å²) in [5.74, 6) is 0.735. The maximum absolute atomic E-state index is 10.9. The zero-order valence-electron chi connectivity index (χ0n) is 10.8. The second-order valence-corrected chi connectivity index (χ2v) is 4.95. The SMILES string of the molecule is COc1ccccc1NCc1ccc(Br)c([N+](=O)[O-])c1. The first-order valence-electron chi connectivity index (χ1n) is 5.91. The highest BCUT2D eigenvalue weighted by atomic mass is 79.9. The zero-order valence-corrected chi connectivity index (χ0v) is 12.4. The number of hydrogen-bond acceptors (Lipinski definition) is 4. The van der Waals surface area contributed by atoms with E-state index in [4.69, 9.17) is 4.74 Å². The molecular formula is C14H13BrN2O3. The number of nitrogens with one attached hydrogen (secondary N) is 1. The van der Waals surface area contributed by atoms with Crippen LogP contribution < -0.4 is 10.1 Å². The number of nitro groups is 1. The largest absolute Gasteiger partial charge is 0.495 e. The van der Waals surface area contributed by atoms with Gasteiger partial charge in [0.15, 0.2) is 0 Å². The quantitative estimate of drug-likeness (QED) is 0.662. The van der Waals surface area contributed by atoms with Crippen LogP contribution >= 0.6 is 15.9 Å². The normalized spacial score (nSPS) is 10.1. The van der Waals surface area contributed by atoms with Crippen molar-refractivity contribution >= 4 is 27.3 Å². The van der Waals surface area contributed by atoms with E-state index in [0.717, 1.165) is 17.0 Å². The lowest BCUT2D eigenvalue weighted by molar-refractivity contribution is -0.385. The molecule has 0 spiro atoms. The van der Waals surface area contributed by atoms with Crippen LogP contribution in [0.15, 0.2) is 46.9 Å². The standard InChI is InChI=1S/C14H13BrN2O3/c1-20-14-5-3-2-4-12(14)16-9-10-6-7-11(15)13(8-10)17(18)19/h2-8,16H,9H2,1H3. The Morgan fingerprint density at radius 1 is 1.30 bits per heavy atom. The Bertz CT molecular complexity index is 632.